The van der Waals surface area contributed by atoms with E-state index in [0.717, 1.165) is 41.4 Å². The van der Waals surface area contributed by atoms with Crippen molar-refractivity contribution in [2.24, 2.45) is 35.5 Å². The highest BCUT2D eigenvalue weighted by Crippen LogP contribution is 2.40. The Morgan fingerprint density at radius 2 is 1.36 bits per heavy atom. The van der Waals surface area contributed by atoms with Crippen molar-refractivity contribution < 1.29 is 116 Å². The minimum Gasteiger partial charge on any atom is -0.508 e. The Labute approximate surface area is 726 Å². The number of unbranched alkanes of at least 4 members (excludes halogenated alkanes) is 2. The molecule has 0 unspecified atom stereocenters. The Morgan fingerprint density at radius 3 is 2.02 bits per heavy atom. The summed E-state index contributed by atoms with van der Waals surface area (Å²) in [6, 6.07) is 5.92. The third kappa shape index (κ3) is 33.4. The predicted octanol–water partition coefficient (Wildman–Crippen LogP) is 11.3. The van der Waals surface area contributed by atoms with E-state index < -0.39 is 90.0 Å². The van der Waals surface area contributed by atoms with Crippen LogP contribution in [-0.2, 0) is 102 Å². The number of piperidine rings is 1. The third-order valence-electron chi connectivity index (χ3n) is 23.5. The maximum atomic E-state index is 14.7. The number of aliphatic hydroxyl groups is 3. The van der Waals surface area contributed by atoms with Gasteiger partial charge in [0, 0.05) is 115 Å². The first-order valence-electron chi connectivity index (χ1n) is 44.5. The van der Waals surface area contributed by atoms with E-state index in [4.69, 9.17) is 77.1 Å². The summed E-state index contributed by atoms with van der Waals surface area (Å²) in [5.41, 5.74) is 10.5. The number of nitrogens with zero attached hydrogens (tertiary/aromatic N) is 5. The minimum absolute atomic E-state index is 0.0100. The van der Waals surface area contributed by atoms with Gasteiger partial charge in [-0.2, -0.15) is 5.10 Å². The Hall–Kier alpha value is -7.31. The molecule has 7 N–H and O–H groups in total. The molecule has 1 aliphatic carbocycles. The summed E-state index contributed by atoms with van der Waals surface area (Å²) < 4.78 is 81.2. The zero-order chi connectivity index (χ0) is 89.2. The van der Waals surface area contributed by atoms with E-state index in [1.54, 1.807) is 53.2 Å². The number of aromatic amines is 1. The first-order valence-corrected chi connectivity index (χ1v) is 44.5. The van der Waals surface area contributed by atoms with Crippen LogP contribution in [0.5, 0.6) is 5.75 Å². The van der Waals surface area contributed by atoms with Crippen molar-refractivity contribution in [2.45, 2.75) is 252 Å². The molecule has 1 saturated carbocycles. The molecule has 31 heteroatoms. The molecule has 0 spiro atoms. The number of benzene rings is 1. The maximum absolute atomic E-state index is 14.7. The molecule has 4 aliphatic rings. The molecule has 0 radical (unpaired) electrons. The number of aliphatic hydroxyl groups excluding tert-OH is 2. The van der Waals surface area contributed by atoms with Crippen molar-refractivity contribution in [2.75, 3.05) is 139 Å². The van der Waals surface area contributed by atoms with E-state index in [1.807, 2.05) is 88.7 Å². The van der Waals surface area contributed by atoms with Crippen LogP contribution in [0.25, 0.3) is 33.3 Å². The number of H-pyrrole nitrogens is 1. The zero-order valence-electron chi connectivity index (χ0n) is 74.9. The number of aromatic hydroxyl groups is 1. The van der Waals surface area contributed by atoms with Gasteiger partial charge in [0.15, 0.2) is 11.4 Å². The lowest BCUT2D eigenvalue weighted by Gasteiger charge is -2.43. The van der Waals surface area contributed by atoms with E-state index in [0.29, 0.717) is 224 Å². The number of ether oxygens (including phenoxy) is 14. The maximum Gasteiger partial charge on any atom is 0.329 e. The topological polar surface area (TPSA) is 401 Å². The lowest BCUT2D eigenvalue weighted by Crippen LogP contribution is -2.61. The standard InChI is InChI=1S/C63H103NO18.C29H40N6O6/c1-12-76-29-30-78-33-34-79-32-31-77-28-18-22-56(66)80-52-26-24-48(38-55(52)74-10)37-44(5)54-40-51(65)43(4)36-46(7)58(68)59(75-11)57(67)45(6)35-41(2)19-14-13-15-20-42(3)53(73-9)39-49-25-23-47(8)63(72,82-49)60(69)61(70)64-27-17-16-21-50(64)62(71)81-54;1-2-38-12-13-40-16-17-41-15-14-39-11-9-22(36)6-4-3-5-10-35-29-26(28(30)31-20-32-29)27(34-35)25-19-21-18-23(37)7-8-24(21)33-25/h13-15,19-20,36,41,43-45,47-55,58-59,65,68,72H,12,16-18,21-35,37-40H2,1-11H3;7-8,18-20,33,37H,2-6,9-17H2,1H3,(H2,30,31,32)/b15-13+,19-14+,42-20+,46-36+;/t41-,43-,44-,45-,47-,48+,49+,50+,51-,52-,53+,54+,55-,58-,59+,63-;/m1./s1. The number of aromatic nitrogens is 5. The van der Waals surface area contributed by atoms with Crippen LogP contribution in [0, 0.1) is 35.5 Å². The molecule has 3 aromatic heterocycles. The number of allylic oxidation sites excluding steroid dienone is 5. The Bertz CT molecular complexity index is 3960. The largest absolute Gasteiger partial charge is 0.508 e. The smallest absolute Gasteiger partial charge is 0.329 e. The molecule has 690 valence electrons. The summed E-state index contributed by atoms with van der Waals surface area (Å²) in [4.78, 5) is 95.7. The first kappa shape index (κ1) is 103. The lowest BCUT2D eigenvalue weighted by atomic mass is 9.78. The number of cyclic esters (lactones) is 1. The van der Waals surface area contributed by atoms with Crippen LogP contribution < -0.4 is 5.73 Å². The van der Waals surface area contributed by atoms with Gasteiger partial charge in [-0.25, -0.2) is 19.4 Å². The fraction of sp³-hybridized carbons (Fsp3) is 0.707. The van der Waals surface area contributed by atoms with Gasteiger partial charge in [-0.1, -0.05) is 77.5 Å². The minimum atomic E-state index is -2.45. The number of fused-ring (bicyclic) bond motifs is 5. The number of hydrogen-bond acceptors (Lipinski definition) is 28. The molecule has 3 aliphatic heterocycles. The van der Waals surface area contributed by atoms with Crippen LogP contribution in [0.2, 0.25) is 0 Å². The summed E-state index contributed by atoms with van der Waals surface area (Å²) in [6.07, 6.45) is 15.9. The van der Waals surface area contributed by atoms with Gasteiger partial charge in [0.25, 0.3) is 11.7 Å². The van der Waals surface area contributed by atoms with Gasteiger partial charge < -0.3 is 102 Å². The summed E-state index contributed by atoms with van der Waals surface area (Å²) >= 11 is 0. The second-order valence-electron chi connectivity index (χ2n) is 33.0. The van der Waals surface area contributed by atoms with Crippen LogP contribution in [-0.4, -0.2) is 279 Å². The highest BCUT2D eigenvalue weighted by atomic mass is 16.6. The van der Waals surface area contributed by atoms with Crippen LogP contribution in [0.4, 0.5) is 5.82 Å². The number of carbonyl (C=O) groups is 6. The second-order valence-corrected chi connectivity index (χ2v) is 33.0. The van der Waals surface area contributed by atoms with E-state index in [1.165, 1.54) is 18.3 Å². The number of phenols is 1. The summed E-state index contributed by atoms with van der Waals surface area (Å²) in [5.74, 6) is -7.23. The van der Waals surface area contributed by atoms with Gasteiger partial charge in [0.1, 0.15) is 59.8 Å². The predicted molar refractivity (Wildman–Crippen MR) is 464 cm³/mol. The van der Waals surface area contributed by atoms with Gasteiger partial charge in [-0.3, -0.25) is 24.0 Å². The average Bonchev–Trinajstić information content (AvgIpc) is 1.59. The molecule has 2 bridgehead atoms. The van der Waals surface area contributed by atoms with Crippen LogP contribution in [0.3, 0.4) is 0 Å². The number of Topliss-reactive ketones (excluding diaryl/α,β-unsaturated/α-hetero) is 3. The molecule has 3 fully saturated rings. The number of amides is 1. The van der Waals surface area contributed by atoms with Crippen molar-refractivity contribution >= 4 is 62.9 Å². The molecular formula is C92H143N7O24. The molecule has 31 nitrogen and oxygen atoms in total. The fourth-order valence-corrected chi connectivity index (χ4v) is 16.2. The number of nitrogen functional groups attached to an aromatic ring is 1. The molecule has 2 saturated heterocycles. The number of methoxy groups -OCH3 is 3. The van der Waals surface area contributed by atoms with Crippen molar-refractivity contribution in [3.8, 4) is 17.1 Å². The average molecular weight is 1730 g/mol. The number of nitrogens with two attached hydrogens (primary N) is 1. The van der Waals surface area contributed by atoms with E-state index in [2.05, 4.69) is 15.0 Å². The summed E-state index contributed by atoms with van der Waals surface area (Å²) in [6.45, 7) is 25.5. The van der Waals surface area contributed by atoms with E-state index >= 15 is 0 Å². The van der Waals surface area contributed by atoms with Crippen LogP contribution in [0.15, 0.2) is 78.2 Å². The third-order valence-corrected chi connectivity index (χ3v) is 23.5. The lowest BCUT2D eigenvalue weighted by molar-refractivity contribution is -0.265. The van der Waals surface area contributed by atoms with Gasteiger partial charge in [-0.15, -0.1) is 0 Å². The highest BCUT2D eigenvalue weighted by molar-refractivity contribution is 6.39. The summed E-state index contributed by atoms with van der Waals surface area (Å²) in [7, 11) is 4.56. The molecular weight excluding hydrogens is 1590 g/mol. The molecule has 1 aromatic carbocycles. The van der Waals surface area contributed by atoms with Crippen LogP contribution in [0.1, 0.15) is 184 Å². The number of phenolic OH excluding ortho intramolecular Hbond substituents is 1. The highest BCUT2D eigenvalue weighted by Gasteiger charge is 2.53. The van der Waals surface area contributed by atoms with Crippen LogP contribution >= 0.6 is 0 Å². The Kier molecular flexibility index (Phi) is 46.2. The Morgan fingerprint density at radius 1 is 0.691 bits per heavy atom. The van der Waals surface area contributed by atoms with Gasteiger partial charge >= 0.3 is 11.9 Å². The van der Waals surface area contributed by atoms with E-state index in [-0.39, 0.29) is 73.0 Å². The van der Waals surface area contributed by atoms with Gasteiger partial charge in [-0.05, 0) is 164 Å². The van der Waals surface area contributed by atoms with Crippen molar-refractivity contribution in [1.82, 2.24) is 29.6 Å². The van der Waals surface area contributed by atoms with Crippen molar-refractivity contribution in [1.29, 1.82) is 0 Å². The number of rotatable bonds is 41. The number of nitrogens with one attached hydrogen (secondary N) is 1. The number of hydrogen-bond donors (Lipinski definition) is 6. The van der Waals surface area contributed by atoms with Crippen molar-refractivity contribution in [3.63, 3.8) is 0 Å². The van der Waals surface area contributed by atoms with Gasteiger partial charge in [0.05, 0.1) is 121 Å². The fourth-order valence-electron chi connectivity index (χ4n) is 16.2. The first-order chi connectivity index (χ1) is 59.2. The molecule has 16 atom stereocenters. The molecule has 4 aromatic rings. The number of esters is 2. The van der Waals surface area contributed by atoms with Gasteiger partial charge in [0.2, 0.25) is 5.79 Å². The molecule has 123 heavy (non-hydrogen) atoms. The zero-order valence-corrected chi connectivity index (χ0v) is 74.9. The molecule has 6 heterocycles. The number of ketones is 3. The van der Waals surface area contributed by atoms with E-state index in [9.17, 15) is 49.2 Å². The van der Waals surface area contributed by atoms with Crippen molar-refractivity contribution in [3.05, 3.63) is 78.2 Å². The number of anilines is 1. The molecule has 1 amide bonds. The summed E-state index contributed by atoms with van der Waals surface area (Å²) in [5, 5.41) is 51.8. The quantitative estimate of drug-likeness (QED) is 0.0104. The number of aryl methyl sites for hydroxylation is 1. The number of carbonyl (C=O) groups excluding carboxylic acids is 6. The molecule has 8 rings (SSSR count). The second kappa shape index (κ2) is 55.3. The SMILES string of the molecule is CCOCCOCCOCCOCCC(=O)CCCCCn1nc(-c2cc3cc(O)ccc3[nH]2)c2c(N)ncnc21.CCOCCOCCOCCOCCCC(=O)O[C@@H]1CC[C@@H](C[C@@H](C)[C@@H]2C[C@@H](O)[C@H](C)/C=C(\C)[C@@H](O)[C@@H](OC)C(=O)[C@H](C)C[C@H](C)/C=C/C=C/C=C(\C)[C@@H](OC)C[C@@H]3CC[C@@H](C)[C@@](O)(O3)C(=O)C(=O)N3CCCC[C@H]3C(=O)O2)C[C@H]1OC. The Balaban J connectivity index is 0.000000421. The normalized spacial score (nSPS) is 27.4. The monoisotopic (exact) mass is 1730 g/mol.